The van der Waals surface area contributed by atoms with Gasteiger partial charge in [0, 0.05) is 5.56 Å². The van der Waals surface area contributed by atoms with Crippen LogP contribution in [0.5, 0.6) is 11.5 Å². The quantitative estimate of drug-likeness (QED) is 0.821. The van der Waals surface area contributed by atoms with Gasteiger partial charge in [0.15, 0.2) is 0 Å². The van der Waals surface area contributed by atoms with E-state index < -0.39 is 0 Å². The second-order valence-electron chi connectivity index (χ2n) is 3.53. The van der Waals surface area contributed by atoms with Crippen LogP contribution in [0.15, 0.2) is 54.6 Å². The van der Waals surface area contributed by atoms with Crippen molar-refractivity contribution in [3.63, 3.8) is 0 Å². The van der Waals surface area contributed by atoms with Crippen molar-refractivity contribution in [1.82, 2.24) is 0 Å². The molecule has 0 aliphatic carbocycles. The molecule has 5 heteroatoms. The number of hydrogen-bond donors (Lipinski definition) is 2. The lowest BCUT2D eigenvalue weighted by atomic mass is 10.2. The van der Waals surface area contributed by atoms with Crippen LogP contribution in [0.3, 0.4) is 0 Å². The Labute approximate surface area is 113 Å². The van der Waals surface area contributed by atoms with Gasteiger partial charge in [-0.1, -0.05) is 36.4 Å². The number of methoxy groups -OCH3 is 1. The van der Waals surface area contributed by atoms with E-state index in [1.807, 2.05) is 54.6 Å². The van der Waals surface area contributed by atoms with Crippen molar-refractivity contribution in [2.24, 2.45) is 0 Å². The molecule has 19 heavy (non-hydrogen) atoms. The van der Waals surface area contributed by atoms with Crippen LogP contribution in [0.25, 0.3) is 0 Å². The third kappa shape index (κ3) is 5.46. The Morgan fingerprint density at radius 2 is 1.53 bits per heavy atom. The molecular formula is C14H16BO4. The van der Waals surface area contributed by atoms with E-state index in [1.165, 1.54) is 0 Å². The Bertz CT molecular complexity index is 462. The Morgan fingerprint density at radius 3 is 2.16 bits per heavy atom. The summed E-state index contributed by atoms with van der Waals surface area (Å²) in [5, 5.41) is 14.0. The number of ether oxygens (including phenoxy) is 2. The normalized spacial score (nSPS) is 9.00. The molecule has 2 N–H and O–H groups in total. The van der Waals surface area contributed by atoms with Crippen molar-refractivity contribution in [2.45, 2.75) is 6.61 Å². The van der Waals surface area contributed by atoms with Crippen LogP contribution in [0, 0.1) is 0 Å². The average molecular weight is 259 g/mol. The molecule has 0 aromatic heterocycles. The monoisotopic (exact) mass is 259 g/mol. The molecule has 0 bridgehead atoms. The minimum absolute atomic E-state index is 0. The van der Waals surface area contributed by atoms with Gasteiger partial charge in [0.1, 0.15) is 18.1 Å². The smallest absolute Gasteiger partial charge is 0.482 e. The Morgan fingerprint density at radius 1 is 0.947 bits per heavy atom. The molecule has 0 spiro atoms. The van der Waals surface area contributed by atoms with E-state index in [4.69, 9.17) is 19.5 Å². The molecule has 0 amide bonds. The third-order valence-electron chi connectivity index (χ3n) is 2.33. The maximum atomic E-state index is 7.00. The number of hydrogen-bond acceptors (Lipinski definition) is 4. The number of para-hydroxylation sites is 2. The Kier molecular flexibility index (Phi) is 7.16. The minimum atomic E-state index is 0. The minimum Gasteiger partial charge on any atom is -0.496 e. The van der Waals surface area contributed by atoms with Gasteiger partial charge in [-0.05, 0) is 18.2 Å². The summed E-state index contributed by atoms with van der Waals surface area (Å²) < 4.78 is 10.9. The van der Waals surface area contributed by atoms with E-state index in [0.29, 0.717) is 6.61 Å². The van der Waals surface area contributed by atoms with Crippen LogP contribution < -0.4 is 9.47 Å². The summed E-state index contributed by atoms with van der Waals surface area (Å²) >= 11 is 0. The van der Waals surface area contributed by atoms with E-state index in [9.17, 15) is 0 Å². The maximum Gasteiger partial charge on any atom is 0.482 e. The molecular weight excluding hydrogens is 243 g/mol. The predicted octanol–water partition coefficient (Wildman–Crippen LogP) is 1.78. The first kappa shape index (κ1) is 15.1. The summed E-state index contributed by atoms with van der Waals surface area (Å²) in [6.07, 6.45) is 0. The molecule has 4 nitrogen and oxygen atoms in total. The van der Waals surface area contributed by atoms with Crippen molar-refractivity contribution < 1.29 is 19.5 Å². The van der Waals surface area contributed by atoms with Crippen molar-refractivity contribution in [1.29, 1.82) is 0 Å². The summed E-state index contributed by atoms with van der Waals surface area (Å²) in [5.41, 5.74) is 1.05. The molecule has 2 aromatic carbocycles. The fourth-order valence-corrected chi connectivity index (χ4v) is 1.50. The number of benzene rings is 2. The van der Waals surface area contributed by atoms with Crippen molar-refractivity contribution >= 4 is 7.69 Å². The van der Waals surface area contributed by atoms with Crippen LogP contribution in [0.1, 0.15) is 5.56 Å². The van der Waals surface area contributed by atoms with Gasteiger partial charge in [-0.25, -0.2) is 0 Å². The Balaban J connectivity index is 0.000000550. The van der Waals surface area contributed by atoms with E-state index in [0.717, 1.165) is 17.1 Å². The lowest BCUT2D eigenvalue weighted by Gasteiger charge is -2.09. The maximum absolute atomic E-state index is 7.00. The van der Waals surface area contributed by atoms with Crippen LogP contribution >= 0.6 is 0 Å². The zero-order valence-electron chi connectivity index (χ0n) is 10.7. The lowest BCUT2D eigenvalue weighted by molar-refractivity contribution is 0.296. The molecule has 0 aliphatic rings. The molecule has 99 valence electrons. The fourth-order valence-electron chi connectivity index (χ4n) is 1.50. The van der Waals surface area contributed by atoms with Gasteiger partial charge in [0.2, 0.25) is 0 Å². The fraction of sp³-hybridized carbons (Fsp3) is 0.143. The topological polar surface area (TPSA) is 58.9 Å². The SMILES string of the molecule is COc1ccccc1COc1ccccc1.O[B]O. The highest BCUT2D eigenvalue weighted by atomic mass is 16.5. The van der Waals surface area contributed by atoms with E-state index in [1.54, 1.807) is 7.11 Å². The van der Waals surface area contributed by atoms with E-state index in [-0.39, 0.29) is 7.69 Å². The molecule has 0 atom stereocenters. The molecule has 0 saturated heterocycles. The summed E-state index contributed by atoms with van der Waals surface area (Å²) in [6, 6.07) is 17.6. The van der Waals surface area contributed by atoms with E-state index in [2.05, 4.69) is 0 Å². The van der Waals surface area contributed by atoms with Gasteiger partial charge in [0.05, 0.1) is 7.11 Å². The van der Waals surface area contributed by atoms with Gasteiger partial charge in [-0.15, -0.1) is 0 Å². The second-order valence-corrected chi connectivity index (χ2v) is 3.53. The molecule has 0 heterocycles. The van der Waals surface area contributed by atoms with Crippen LogP contribution in [0.2, 0.25) is 0 Å². The molecule has 0 fully saturated rings. The molecule has 1 radical (unpaired) electrons. The zero-order valence-corrected chi connectivity index (χ0v) is 10.7. The number of rotatable bonds is 4. The highest BCUT2D eigenvalue weighted by molar-refractivity contribution is 6.13. The van der Waals surface area contributed by atoms with Crippen LogP contribution in [-0.4, -0.2) is 24.8 Å². The van der Waals surface area contributed by atoms with Crippen LogP contribution in [0.4, 0.5) is 0 Å². The second kappa shape index (κ2) is 9.02. The lowest BCUT2D eigenvalue weighted by Crippen LogP contribution is -1.98. The highest BCUT2D eigenvalue weighted by Crippen LogP contribution is 2.19. The van der Waals surface area contributed by atoms with Gasteiger partial charge in [-0.2, -0.15) is 0 Å². The standard InChI is InChI=1S/C14H14O2.BH2O2/c1-15-14-10-6-5-7-12(14)11-16-13-8-3-2-4-9-13;2-1-3/h2-10H,11H2,1H3;2-3H. The predicted molar refractivity (Wildman–Crippen MR) is 74.0 cm³/mol. The van der Waals surface area contributed by atoms with Crippen molar-refractivity contribution in [3.05, 3.63) is 60.2 Å². The van der Waals surface area contributed by atoms with Crippen LogP contribution in [-0.2, 0) is 6.61 Å². The molecule has 2 aromatic rings. The summed E-state index contributed by atoms with van der Waals surface area (Å²) in [7, 11) is 1.67. The first-order valence-corrected chi connectivity index (χ1v) is 5.71. The van der Waals surface area contributed by atoms with Gasteiger partial charge in [0.25, 0.3) is 0 Å². The largest absolute Gasteiger partial charge is 0.496 e. The van der Waals surface area contributed by atoms with Gasteiger partial charge >= 0.3 is 7.69 Å². The zero-order chi connectivity index (χ0) is 13.9. The first-order chi connectivity index (χ1) is 9.31. The summed E-state index contributed by atoms with van der Waals surface area (Å²) in [6.45, 7) is 0.522. The summed E-state index contributed by atoms with van der Waals surface area (Å²) in [5.74, 6) is 1.73. The van der Waals surface area contributed by atoms with Gasteiger partial charge < -0.3 is 19.5 Å². The average Bonchev–Trinajstić information content (AvgIpc) is 2.47. The Hall–Kier alpha value is -1.98. The van der Waals surface area contributed by atoms with E-state index >= 15 is 0 Å². The van der Waals surface area contributed by atoms with Gasteiger partial charge in [-0.3, -0.25) is 0 Å². The first-order valence-electron chi connectivity index (χ1n) is 5.71. The molecule has 2 rings (SSSR count). The van der Waals surface area contributed by atoms with Crippen molar-refractivity contribution in [2.75, 3.05) is 7.11 Å². The third-order valence-corrected chi connectivity index (χ3v) is 2.33. The summed E-state index contributed by atoms with van der Waals surface area (Å²) in [4.78, 5) is 0. The molecule has 0 aliphatic heterocycles. The van der Waals surface area contributed by atoms with Crippen molar-refractivity contribution in [3.8, 4) is 11.5 Å². The molecule has 0 unspecified atom stereocenters. The molecule has 0 saturated carbocycles. The highest BCUT2D eigenvalue weighted by Gasteiger charge is 2.01.